The van der Waals surface area contributed by atoms with Crippen molar-refractivity contribution >= 4 is 5.91 Å². The Morgan fingerprint density at radius 2 is 2.15 bits per heavy atom. The molecule has 0 fully saturated rings. The summed E-state index contributed by atoms with van der Waals surface area (Å²) in [5, 5.41) is 2.65. The summed E-state index contributed by atoms with van der Waals surface area (Å²) in [5.41, 5.74) is 8.75. The zero-order valence-electron chi connectivity index (χ0n) is 13.0. The van der Waals surface area contributed by atoms with E-state index in [1.165, 1.54) is 11.1 Å². The molecule has 0 heterocycles. The molecule has 112 valence electrons. The summed E-state index contributed by atoms with van der Waals surface area (Å²) in [6.07, 6.45) is 1.40. The lowest BCUT2D eigenvalue weighted by molar-refractivity contribution is -0.121. The summed E-state index contributed by atoms with van der Waals surface area (Å²) in [7, 11) is 3.70. The van der Waals surface area contributed by atoms with Crippen LogP contribution in [0.3, 0.4) is 0 Å². The summed E-state index contributed by atoms with van der Waals surface area (Å²) in [5.74, 6) is 0.0601. The fourth-order valence-electron chi connectivity index (χ4n) is 2.45. The Hall–Kier alpha value is -1.39. The molecule has 1 aromatic rings. The maximum atomic E-state index is 11.4. The average Bonchev–Trinajstić information content (AvgIpc) is 2.44. The van der Waals surface area contributed by atoms with Gasteiger partial charge in [-0.2, -0.15) is 0 Å². The zero-order chi connectivity index (χ0) is 15.1. The number of rotatable bonds is 7. The molecule has 0 saturated carbocycles. The Morgan fingerprint density at radius 1 is 1.45 bits per heavy atom. The van der Waals surface area contributed by atoms with E-state index >= 15 is 0 Å². The average molecular weight is 277 g/mol. The molecule has 0 aromatic heterocycles. The molecule has 0 aliphatic heterocycles. The standard InChI is InChI=1S/C16H27N3O/c1-5-14(17)16(13-8-6-7-12(2)11-13)19(4)10-9-15(20)18-3/h6-8,11,14,16H,5,9-10,17H2,1-4H3,(H,18,20). The molecule has 2 atom stereocenters. The molecule has 2 unspecified atom stereocenters. The van der Waals surface area contributed by atoms with E-state index in [2.05, 4.69) is 48.3 Å². The maximum Gasteiger partial charge on any atom is 0.221 e. The molecule has 0 spiro atoms. The lowest BCUT2D eigenvalue weighted by Crippen LogP contribution is -2.40. The minimum Gasteiger partial charge on any atom is -0.359 e. The fourth-order valence-corrected chi connectivity index (χ4v) is 2.45. The zero-order valence-corrected chi connectivity index (χ0v) is 13.0. The van der Waals surface area contributed by atoms with Gasteiger partial charge in [0.05, 0.1) is 0 Å². The van der Waals surface area contributed by atoms with E-state index < -0.39 is 0 Å². The van der Waals surface area contributed by atoms with E-state index in [0.717, 1.165) is 6.42 Å². The van der Waals surface area contributed by atoms with Crippen LogP contribution in [0.1, 0.15) is 36.9 Å². The van der Waals surface area contributed by atoms with Crippen molar-refractivity contribution in [3.8, 4) is 0 Å². The van der Waals surface area contributed by atoms with Gasteiger partial charge >= 0.3 is 0 Å². The molecule has 0 bridgehead atoms. The number of likely N-dealkylation sites (N-methyl/N-ethyl adjacent to an activating group) is 1. The van der Waals surface area contributed by atoms with Crippen molar-refractivity contribution in [1.29, 1.82) is 0 Å². The molecule has 1 amide bonds. The first-order chi connectivity index (χ1) is 9.49. The van der Waals surface area contributed by atoms with Gasteiger partial charge in [0.1, 0.15) is 0 Å². The molecular formula is C16H27N3O. The van der Waals surface area contributed by atoms with Gasteiger partial charge in [-0.05, 0) is 26.0 Å². The summed E-state index contributed by atoms with van der Waals surface area (Å²) in [4.78, 5) is 13.6. The largest absolute Gasteiger partial charge is 0.359 e. The number of hydrogen-bond donors (Lipinski definition) is 2. The molecule has 0 saturated heterocycles. The second kappa shape index (κ2) is 8.02. The smallest absolute Gasteiger partial charge is 0.221 e. The van der Waals surface area contributed by atoms with Gasteiger partial charge in [0, 0.05) is 32.1 Å². The van der Waals surface area contributed by atoms with E-state index in [1.54, 1.807) is 7.05 Å². The normalized spacial score (nSPS) is 14.1. The predicted octanol–water partition coefficient (Wildman–Crippen LogP) is 1.84. The molecule has 0 radical (unpaired) electrons. The fraction of sp³-hybridized carbons (Fsp3) is 0.562. The molecule has 1 rings (SSSR count). The lowest BCUT2D eigenvalue weighted by Gasteiger charge is -2.33. The predicted molar refractivity (Wildman–Crippen MR) is 83.5 cm³/mol. The molecule has 0 aliphatic rings. The number of carbonyl (C=O) groups excluding carboxylic acids is 1. The number of nitrogens with one attached hydrogen (secondary N) is 1. The monoisotopic (exact) mass is 277 g/mol. The number of hydrogen-bond acceptors (Lipinski definition) is 3. The highest BCUT2D eigenvalue weighted by Crippen LogP contribution is 2.24. The molecule has 3 N–H and O–H groups in total. The molecule has 20 heavy (non-hydrogen) atoms. The van der Waals surface area contributed by atoms with E-state index in [4.69, 9.17) is 5.73 Å². The van der Waals surface area contributed by atoms with Crippen LogP contribution in [0.4, 0.5) is 0 Å². The SMILES string of the molecule is CCC(N)C(c1cccc(C)c1)N(C)CCC(=O)NC. The molecular weight excluding hydrogens is 250 g/mol. The highest BCUT2D eigenvalue weighted by molar-refractivity contribution is 5.75. The van der Waals surface area contributed by atoms with Crippen LogP contribution in [0.15, 0.2) is 24.3 Å². The van der Waals surface area contributed by atoms with Crippen LogP contribution in [0.2, 0.25) is 0 Å². The quantitative estimate of drug-likeness (QED) is 0.799. The highest BCUT2D eigenvalue weighted by atomic mass is 16.1. The van der Waals surface area contributed by atoms with E-state index in [0.29, 0.717) is 13.0 Å². The van der Waals surface area contributed by atoms with E-state index in [9.17, 15) is 4.79 Å². The van der Waals surface area contributed by atoms with Gasteiger partial charge in [0.2, 0.25) is 5.91 Å². The van der Waals surface area contributed by atoms with E-state index in [-0.39, 0.29) is 18.0 Å². The van der Waals surface area contributed by atoms with Crippen molar-refractivity contribution in [3.63, 3.8) is 0 Å². The molecule has 1 aromatic carbocycles. The molecule has 0 aliphatic carbocycles. The minimum atomic E-state index is 0.0601. The maximum absolute atomic E-state index is 11.4. The summed E-state index contributed by atoms with van der Waals surface area (Å²) < 4.78 is 0. The number of amides is 1. The second-order valence-corrected chi connectivity index (χ2v) is 5.33. The van der Waals surface area contributed by atoms with Gasteiger partial charge in [-0.25, -0.2) is 0 Å². The van der Waals surface area contributed by atoms with Crippen molar-refractivity contribution in [3.05, 3.63) is 35.4 Å². The number of benzene rings is 1. The minimum absolute atomic E-state index is 0.0601. The van der Waals surface area contributed by atoms with E-state index in [1.807, 2.05) is 7.05 Å². The van der Waals surface area contributed by atoms with Crippen LogP contribution in [0, 0.1) is 6.92 Å². The van der Waals surface area contributed by atoms with Gasteiger partial charge in [-0.15, -0.1) is 0 Å². The van der Waals surface area contributed by atoms with Gasteiger partial charge in [0.25, 0.3) is 0 Å². The Kier molecular flexibility index (Phi) is 6.68. The van der Waals surface area contributed by atoms with Gasteiger partial charge in [0.15, 0.2) is 0 Å². The number of carbonyl (C=O) groups is 1. The summed E-state index contributed by atoms with van der Waals surface area (Å²) >= 11 is 0. The Bertz CT molecular complexity index is 433. The van der Waals surface area contributed by atoms with Crippen LogP contribution in [0.5, 0.6) is 0 Å². The number of nitrogens with zero attached hydrogens (tertiary/aromatic N) is 1. The highest BCUT2D eigenvalue weighted by Gasteiger charge is 2.23. The summed E-state index contributed by atoms with van der Waals surface area (Å²) in [6, 6.07) is 8.64. The first-order valence-corrected chi connectivity index (χ1v) is 7.22. The molecule has 4 nitrogen and oxygen atoms in total. The second-order valence-electron chi connectivity index (χ2n) is 5.33. The van der Waals surface area contributed by atoms with Crippen LogP contribution >= 0.6 is 0 Å². The molecule has 4 heteroatoms. The third-order valence-electron chi connectivity index (χ3n) is 3.71. The van der Waals surface area contributed by atoms with Crippen molar-refractivity contribution in [2.75, 3.05) is 20.6 Å². The number of aryl methyl sites for hydroxylation is 1. The third kappa shape index (κ3) is 4.62. The third-order valence-corrected chi connectivity index (χ3v) is 3.71. The van der Waals surface area contributed by atoms with Crippen molar-refractivity contribution in [1.82, 2.24) is 10.2 Å². The van der Waals surface area contributed by atoms with Crippen LogP contribution in [-0.4, -0.2) is 37.5 Å². The van der Waals surface area contributed by atoms with Crippen LogP contribution < -0.4 is 11.1 Å². The topological polar surface area (TPSA) is 58.4 Å². The Balaban J connectivity index is 2.86. The Labute approximate surface area is 122 Å². The number of nitrogens with two attached hydrogens (primary N) is 1. The van der Waals surface area contributed by atoms with Crippen LogP contribution in [-0.2, 0) is 4.79 Å². The Morgan fingerprint density at radius 3 is 2.70 bits per heavy atom. The lowest BCUT2D eigenvalue weighted by atomic mass is 9.95. The first-order valence-electron chi connectivity index (χ1n) is 7.22. The first kappa shape index (κ1) is 16.7. The van der Waals surface area contributed by atoms with Gasteiger partial charge < -0.3 is 11.1 Å². The van der Waals surface area contributed by atoms with Crippen molar-refractivity contribution in [2.45, 2.75) is 38.8 Å². The van der Waals surface area contributed by atoms with Gasteiger partial charge in [-0.3, -0.25) is 9.69 Å². The van der Waals surface area contributed by atoms with Crippen LogP contribution in [0.25, 0.3) is 0 Å². The van der Waals surface area contributed by atoms with Gasteiger partial charge in [-0.1, -0.05) is 36.8 Å². The van der Waals surface area contributed by atoms with Crippen molar-refractivity contribution in [2.24, 2.45) is 5.73 Å². The van der Waals surface area contributed by atoms with Crippen molar-refractivity contribution < 1.29 is 4.79 Å². The summed E-state index contributed by atoms with van der Waals surface area (Å²) in [6.45, 7) is 4.88.